The predicted octanol–water partition coefficient (Wildman–Crippen LogP) is 3.77. The lowest BCUT2D eigenvalue weighted by Gasteiger charge is -2.23. The maximum absolute atomic E-state index is 12.2. The maximum Gasteiger partial charge on any atom is 0.409 e. The minimum atomic E-state index is -0.181. The number of hydrogen-bond acceptors (Lipinski definition) is 4. The molecule has 0 N–H and O–H groups in total. The standard InChI is InChI=1S/C20H32N2O3/c1-16(2)15-24-20(23)22-11-7-10-21(12-13-22)14-18-8-5-6-9-19(18)25-17(3)4/h5-6,8-9,16-17H,7,10-15H2,1-4H3. The molecule has 1 aliphatic rings. The molecule has 1 aliphatic heterocycles. The van der Waals surface area contributed by atoms with E-state index in [1.54, 1.807) is 0 Å². The fourth-order valence-corrected chi connectivity index (χ4v) is 2.89. The van der Waals surface area contributed by atoms with Gasteiger partial charge in [-0.2, -0.15) is 0 Å². The van der Waals surface area contributed by atoms with Gasteiger partial charge in [0.05, 0.1) is 12.7 Å². The summed E-state index contributed by atoms with van der Waals surface area (Å²) < 4.78 is 11.3. The van der Waals surface area contributed by atoms with Gasteiger partial charge in [0, 0.05) is 38.3 Å². The first kappa shape index (κ1) is 19.6. The second kappa shape index (κ2) is 9.66. The van der Waals surface area contributed by atoms with E-state index in [9.17, 15) is 4.79 Å². The molecule has 25 heavy (non-hydrogen) atoms. The number of carbonyl (C=O) groups excluding carboxylic acids is 1. The normalized spacial score (nSPS) is 16.2. The third kappa shape index (κ3) is 6.58. The topological polar surface area (TPSA) is 42.0 Å². The highest BCUT2D eigenvalue weighted by Gasteiger charge is 2.21. The van der Waals surface area contributed by atoms with Crippen LogP contribution in [0.4, 0.5) is 4.79 Å². The van der Waals surface area contributed by atoms with E-state index in [0.29, 0.717) is 19.1 Å². The van der Waals surface area contributed by atoms with E-state index in [1.165, 1.54) is 5.56 Å². The minimum Gasteiger partial charge on any atom is -0.491 e. The molecule has 0 aromatic heterocycles. The molecule has 0 bridgehead atoms. The summed E-state index contributed by atoms with van der Waals surface area (Å²) in [7, 11) is 0. The monoisotopic (exact) mass is 348 g/mol. The Labute approximate surface area is 151 Å². The zero-order chi connectivity index (χ0) is 18.2. The third-order valence-electron chi connectivity index (χ3n) is 4.12. The first-order valence-corrected chi connectivity index (χ1v) is 9.34. The van der Waals surface area contributed by atoms with Crippen LogP contribution in [0.15, 0.2) is 24.3 Å². The average molecular weight is 348 g/mol. The van der Waals surface area contributed by atoms with Crippen LogP contribution in [-0.4, -0.2) is 54.8 Å². The van der Waals surface area contributed by atoms with Crippen LogP contribution in [0.2, 0.25) is 0 Å². The van der Waals surface area contributed by atoms with Gasteiger partial charge in [-0.15, -0.1) is 0 Å². The second-order valence-corrected chi connectivity index (χ2v) is 7.36. The molecule has 1 aromatic carbocycles. The molecule has 1 aromatic rings. The zero-order valence-corrected chi connectivity index (χ0v) is 16.0. The molecule has 0 saturated carbocycles. The number of para-hydroxylation sites is 1. The lowest BCUT2D eigenvalue weighted by molar-refractivity contribution is 0.0929. The molecule has 140 valence electrons. The summed E-state index contributed by atoms with van der Waals surface area (Å²) in [6, 6.07) is 8.21. The van der Waals surface area contributed by atoms with Gasteiger partial charge in [0.2, 0.25) is 0 Å². The van der Waals surface area contributed by atoms with Crippen LogP contribution in [0.1, 0.15) is 39.7 Å². The molecular formula is C20H32N2O3. The van der Waals surface area contributed by atoms with E-state index in [1.807, 2.05) is 44.7 Å². The van der Waals surface area contributed by atoms with Crippen molar-refractivity contribution in [3.8, 4) is 5.75 Å². The Hall–Kier alpha value is -1.75. The Kier molecular flexibility index (Phi) is 7.56. The van der Waals surface area contributed by atoms with Gasteiger partial charge in [0.15, 0.2) is 0 Å². The molecule has 2 rings (SSSR count). The smallest absolute Gasteiger partial charge is 0.409 e. The summed E-state index contributed by atoms with van der Waals surface area (Å²) >= 11 is 0. The van der Waals surface area contributed by atoms with Crippen molar-refractivity contribution < 1.29 is 14.3 Å². The van der Waals surface area contributed by atoms with Crippen LogP contribution >= 0.6 is 0 Å². The summed E-state index contributed by atoms with van der Waals surface area (Å²) in [5.41, 5.74) is 1.20. The van der Waals surface area contributed by atoms with Crippen molar-refractivity contribution in [2.24, 2.45) is 5.92 Å². The van der Waals surface area contributed by atoms with Gasteiger partial charge in [-0.05, 0) is 32.3 Å². The molecule has 1 amide bonds. The molecular weight excluding hydrogens is 316 g/mol. The first-order chi connectivity index (χ1) is 12.0. The highest BCUT2D eigenvalue weighted by Crippen LogP contribution is 2.22. The van der Waals surface area contributed by atoms with Gasteiger partial charge in [0.1, 0.15) is 5.75 Å². The number of carbonyl (C=O) groups is 1. The van der Waals surface area contributed by atoms with E-state index in [0.717, 1.165) is 38.3 Å². The Bertz CT molecular complexity index is 545. The number of ether oxygens (including phenoxy) is 2. The number of hydrogen-bond donors (Lipinski definition) is 0. The Balaban J connectivity index is 1.90. The van der Waals surface area contributed by atoms with Crippen molar-refractivity contribution in [1.29, 1.82) is 0 Å². The quantitative estimate of drug-likeness (QED) is 0.785. The van der Waals surface area contributed by atoms with Gasteiger partial charge in [-0.25, -0.2) is 4.79 Å². The summed E-state index contributed by atoms with van der Waals surface area (Å²) in [6.45, 7) is 12.8. The van der Waals surface area contributed by atoms with Crippen LogP contribution in [0.25, 0.3) is 0 Å². The Morgan fingerprint density at radius 2 is 1.84 bits per heavy atom. The maximum atomic E-state index is 12.2. The van der Waals surface area contributed by atoms with E-state index in [4.69, 9.17) is 9.47 Å². The van der Waals surface area contributed by atoms with E-state index in [2.05, 4.69) is 17.0 Å². The van der Waals surface area contributed by atoms with Crippen molar-refractivity contribution >= 4 is 6.09 Å². The minimum absolute atomic E-state index is 0.163. The lowest BCUT2D eigenvalue weighted by Crippen LogP contribution is -2.36. The Morgan fingerprint density at radius 1 is 1.08 bits per heavy atom. The fourth-order valence-electron chi connectivity index (χ4n) is 2.89. The zero-order valence-electron chi connectivity index (χ0n) is 16.0. The third-order valence-corrected chi connectivity index (χ3v) is 4.12. The number of rotatable bonds is 6. The van der Waals surface area contributed by atoms with Crippen LogP contribution in [-0.2, 0) is 11.3 Å². The number of nitrogens with zero attached hydrogens (tertiary/aromatic N) is 2. The van der Waals surface area contributed by atoms with Gasteiger partial charge in [-0.3, -0.25) is 4.90 Å². The first-order valence-electron chi connectivity index (χ1n) is 9.34. The average Bonchev–Trinajstić information content (AvgIpc) is 2.79. The van der Waals surface area contributed by atoms with Gasteiger partial charge >= 0.3 is 6.09 Å². The lowest BCUT2D eigenvalue weighted by atomic mass is 10.2. The van der Waals surface area contributed by atoms with Crippen LogP contribution in [0, 0.1) is 5.92 Å². The molecule has 1 heterocycles. The van der Waals surface area contributed by atoms with E-state index < -0.39 is 0 Å². The van der Waals surface area contributed by atoms with E-state index in [-0.39, 0.29) is 12.2 Å². The largest absolute Gasteiger partial charge is 0.491 e. The molecule has 1 saturated heterocycles. The van der Waals surface area contributed by atoms with Crippen molar-refractivity contribution in [3.05, 3.63) is 29.8 Å². The van der Waals surface area contributed by atoms with Gasteiger partial charge in [-0.1, -0.05) is 32.0 Å². The molecule has 5 heteroatoms. The van der Waals surface area contributed by atoms with Gasteiger partial charge < -0.3 is 14.4 Å². The molecule has 0 atom stereocenters. The predicted molar refractivity (Wildman–Crippen MR) is 99.9 cm³/mol. The fraction of sp³-hybridized carbons (Fsp3) is 0.650. The summed E-state index contributed by atoms with van der Waals surface area (Å²) in [5, 5.41) is 0. The number of benzene rings is 1. The van der Waals surface area contributed by atoms with Crippen molar-refractivity contribution in [3.63, 3.8) is 0 Å². The summed E-state index contributed by atoms with van der Waals surface area (Å²) in [6.07, 6.45) is 0.944. The van der Waals surface area contributed by atoms with Crippen LogP contribution in [0.3, 0.4) is 0 Å². The summed E-state index contributed by atoms with van der Waals surface area (Å²) in [5.74, 6) is 1.32. The molecule has 5 nitrogen and oxygen atoms in total. The summed E-state index contributed by atoms with van der Waals surface area (Å²) in [4.78, 5) is 16.4. The highest BCUT2D eigenvalue weighted by atomic mass is 16.6. The van der Waals surface area contributed by atoms with Crippen molar-refractivity contribution in [2.75, 3.05) is 32.8 Å². The SMILES string of the molecule is CC(C)COC(=O)N1CCCN(Cc2ccccc2OC(C)C)CC1. The Morgan fingerprint density at radius 3 is 2.56 bits per heavy atom. The van der Waals surface area contributed by atoms with Gasteiger partial charge in [0.25, 0.3) is 0 Å². The molecule has 0 spiro atoms. The second-order valence-electron chi connectivity index (χ2n) is 7.36. The number of amides is 1. The highest BCUT2D eigenvalue weighted by molar-refractivity contribution is 5.67. The van der Waals surface area contributed by atoms with Crippen molar-refractivity contribution in [1.82, 2.24) is 9.80 Å². The molecule has 1 fully saturated rings. The molecule has 0 unspecified atom stereocenters. The molecule has 0 aliphatic carbocycles. The van der Waals surface area contributed by atoms with Crippen molar-refractivity contribution in [2.45, 2.75) is 46.8 Å². The van der Waals surface area contributed by atoms with Crippen LogP contribution < -0.4 is 4.74 Å². The molecule has 0 radical (unpaired) electrons. The van der Waals surface area contributed by atoms with E-state index >= 15 is 0 Å². The van der Waals surface area contributed by atoms with Crippen LogP contribution in [0.5, 0.6) is 5.75 Å².